The summed E-state index contributed by atoms with van der Waals surface area (Å²) in [5, 5.41) is 9.11. The lowest BCUT2D eigenvalue weighted by Crippen LogP contribution is -2.33. The number of hydrogen-bond donors (Lipinski definition) is 1. The average molecular weight is 288 g/mol. The molecule has 5 heteroatoms. The molecule has 0 radical (unpaired) electrons. The number of aromatic nitrogens is 2. The second kappa shape index (κ2) is 5.15. The molecule has 21 heavy (non-hydrogen) atoms. The summed E-state index contributed by atoms with van der Waals surface area (Å²) < 4.78 is 7.63. The quantitative estimate of drug-likeness (QED) is 0.938. The number of methoxy groups -OCH3 is 1. The van der Waals surface area contributed by atoms with Crippen LogP contribution in [0.15, 0.2) is 18.2 Å². The van der Waals surface area contributed by atoms with E-state index in [0.29, 0.717) is 18.1 Å². The Hall–Kier alpha value is -1.88. The maximum atomic E-state index is 11.1. The zero-order valence-corrected chi connectivity index (χ0v) is 12.5. The molecule has 2 aromatic rings. The minimum Gasteiger partial charge on any atom is -0.478 e. The molecular formula is C16H20N2O3. The second-order valence-corrected chi connectivity index (χ2v) is 5.99. The van der Waals surface area contributed by atoms with Gasteiger partial charge in [-0.1, -0.05) is 13.8 Å². The Labute approximate surface area is 123 Å². The zero-order chi connectivity index (χ0) is 15.1. The van der Waals surface area contributed by atoms with Crippen LogP contribution in [0.4, 0.5) is 0 Å². The minimum absolute atomic E-state index is 0.283. The summed E-state index contributed by atoms with van der Waals surface area (Å²) in [6, 6.07) is 5.58. The van der Waals surface area contributed by atoms with Gasteiger partial charge in [0.05, 0.1) is 22.7 Å². The maximum Gasteiger partial charge on any atom is 0.335 e. The molecule has 0 unspecified atom stereocenters. The fourth-order valence-electron chi connectivity index (χ4n) is 2.98. The van der Waals surface area contributed by atoms with Gasteiger partial charge < -0.3 is 14.4 Å². The van der Waals surface area contributed by atoms with Gasteiger partial charge in [0.25, 0.3) is 0 Å². The second-order valence-electron chi connectivity index (χ2n) is 5.99. The summed E-state index contributed by atoms with van der Waals surface area (Å²) in [6.45, 7) is 4.23. The third-order valence-corrected chi connectivity index (χ3v) is 4.25. The van der Waals surface area contributed by atoms with E-state index in [-0.39, 0.29) is 5.56 Å². The highest BCUT2D eigenvalue weighted by Gasteiger charge is 2.33. The highest BCUT2D eigenvalue weighted by molar-refractivity contribution is 5.92. The van der Waals surface area contributed by atoms with E-state index in [9.17, 15) is 4.79 Å². The summed E-state index contributed by atoms with van der Waals surface area (Å²) in [6.07, 6.45) is 2.30. The Morgan fingerprint density at radius 3 is 2.71 bits per heavy atom. The van der Waals surface area contributed by atoms with E-state index in [4.69, 9.17) is 9.84 Å². The fourth-order valence-corrected chi connectivity index (χ4v) is 2.98. The number of carbonyl (C=O) groups is 1. The molecule has 0 bridgehead atoms. The normalized spacial score (nSPS) is 21.7. The van der Waals surface area contributed by atoms with E-state index in [1.807, 2.05) is 6.07 Å². The van der Waals surface area contributed by atoms with E-state index in [1.54, 1.807) is 19.2 Å². The Morgan fingerprint density at radius 1 is 1.43 bits per heavy atom. The first-order chi connectivity index (χ1) is 10.0. The van der Waals surface area contributed by atoms with Gasteiger partial charge in [0, 0.05) is 19.1 Å². The number of ether oxygens (including phenoxy) is 1. The molecule has 1 saturated carbocycles. The first-order valence-corrected chi connectivity index (χ1v) is 7.29. The van der Waals surface area contributed by atoms with E-state index < -0.39 is 5.97 Å². The predicted octanol–water partition coefficient (Wildman–Crippen LogP) is 3.21. The number of rotatable bonds is 4. The van der Waals surface area contributed by atoms with Crippen molar-refractivity contribution in [1.82, 2.24) is 9.55 Å². The van der Waals surface area contributed by atoms with Crippen LogP contribution in [0.3, 0.4) is 0 Å². The van der Waals surface area contributed by atoms with Gasteiger partial charge in [-0.05, 0) is 31.0 Å². The van der Waals surface area contributed by atoms with Crippen molar-refractivity contribution in [2.24, 2.45) is 0 Å². The van der Waals surface area contributed by atoms with Crippen LogP contribution in [-0.2, 0) is 4.74 Å². The average Bonchev–Trinajstić information content (AvgIpc) is 2.76. The van der Waals surface area contributed by atoms with Crippen molar-refractivity contribution >= 4 is 17.0 Å². The molecule has 1 heterocycles. The molecule has 1 aliphatic rings. The van der Waals surface area contributed by atoms with Crippen molar-refractivity contribution in [3.05, 3.63) is 29.6 Å². The Kier molecular flexibility index (Phi) is 3.45. The minimum atomic E-state index is -0.916. The lowest BCUT2D eigenvalue weighted by molar-refractivity contribution is 0.00640. The number of nitrogens with zero attached hydrogens (tertiary/aromatic N) is 2. The summed E-state index contributed by atoms with van der Waals surface area (Å²) in [4.78, 5) is 15.8. The molecule has 0 saturated heterocycles. The Bertz CT molecular complexity index is 684. The molecule has 1 aromatic heterocycles. The van der Waals surface area contributed by atoms with E-state index >= 15 is 0 Å². The van der Waals surface area contributed by atoms with E-state index in [1.165, 1.54) is 0 Å². The highest BCUT2D eigenvalue weighted by Crippen LogP contribution is 2.39. The Morgan fingerprint density at radius 2 is 2.14 bits per heavy atom. The number of aromatic carboxylic acids is 1. The topological polar surface area (TPSA) is 64.4 Å². The number of benzene rings is 1. The van der Waals surface area contributed by atoms with Crippen LogP contribution in [0, 0.1) is 0 Å². The number of fused-ring (bicyclic) bond motifs is 1. The van der Waals surface area contributed by atoms with Gasteiger partial charge in [-0.15, -0.1) is 0 Å². The number of imidazole rings is 1. The van der Waals surface area contributed by atoms with Crippen molar-refractivity contribution in [2.45, 2.75) is 44.8 Å². The van der Waals surface area contributed by atoms with Gasteiger partial charge in [0.1, 0.15) is 5.82 Å². The molecule has 112 valence electrons. The lowest BCUT2D eigenvalue weighted by atomic mass is 9.88. The van der Waals surface area contributed by atoms with Crippen LogP contribution in [0.25, 0.3) is 11.0 Å². The molecule has 1 aliphatic carbocycles. The summed E-state index contributed by atoms with van der Waals surface area (Å²) in [7, 11) is 1.75. The van der Waals surface area contributed by atoms with Gasteiger partial charge in [-0.25, -0.2) is 9.78 Å². The van der Waals surface area contributed by atoms with Crippen molar-refractivity contribution in [3.63, 3.8) is 0 Å². The molecule has 5 nitrogen and oxygen atoms in total. The van der Waals surface area contributed by atoms with Gasteiger partial charge in [0.15, 0.2) is 0 Å². The first-order valence-electron chi connectivity index (χ1n) is 7.29. The maximum absolute atomic E-state index is 11.1. The van der Waals surface area contributed by atoms with Crippen molar-refractivity contribution in [2.75, 3.05) is 7.11 Å². The van der Waals surface area contributed by atoms with Crippen LogP contribution in [-0.4, -0.2) is 33.8 Å². The fraction of sp³-hybridized carbons (Fsp3) is 0.500. The van der Waals surface area contributed by atoms with Crippen molar-refractivity contribution in [1.29, 1.82) is 0 Å². The van der Waals surface area contributed by atoms with Crippen LogP contribution in [0.5, 0.6) is 0 Å². The molecule has 1 N–H and O–H groups in total. The molecule has 1 fully saturated rings. The van der Waals surface area contributed by atoms with Crippen LogP contribution in [0.2, 0.25) is 0 Å². The highest BCUT2D eigenvalue weighted by atomic mass is 16.5. The van der Waals surface area contributed by atoms with Crippen LogP contribution >= 0.6 is 0 Å². The number of hydrogen-bond acceptors (Lipinski definition) is 3. The van der Waals surface area contributed by atoms with E-state index in [0.717, 1.165) is 29.7 Å². The summed E-state index contributed by atoms with van der Waals surface area (Å²) >= 11 is 0. The van der Waals surface area contributed by atoms with Gasteiger partial charge >= 0.3 is 5.97 Å². The molecule has 0 atom stereocenters. The molecule has 1 aromatic carbocycles. The van der Waals surface area contributed by atoms with Gasteiger partial charge in [-0.3, -0.25) is 0 Å². The molecule has 3 rings (SSSR count). The molecule has 0 aliphatic heterocycles. The standard InChI is InChI=1S/C16H20N2O3/c1-9(2)15-17-13-6-10(16(19)20)4-5-14(13)18(15)11-7-12(8-11)21-3/h4-6,9,11-12H,7-8H2,1-3H3,(H,19,20). The lowest BCUT2D eigenvalue weighted by Gasteiger charge is -2.36. The summed E-state index contributed by atoms with van der Waals surface area (Å²) in [5.74, 6) is 0.403. The van der Waals surface area contributed by atoms with Crippen molar-refractivity contribution < 1.29 is 14.6 Å². The van der Waals surface area contributed by atoms with Gasteiger partial charge in [0.2, 0.25) is 0 Å². The SMILES string of the molecule is COC1CC(n2c(C(C)C)nc3cc(C(=O)O)ccc32)C1. The largest absolute Gasteiger partial charge is 0.478 e. The van der Waals surface area contributed by atoms with Gasteiger partial charge in [-0.2, -0.15) is 0 Å². The third kappa shape index (κ3) is 2.31. The number of carboxylic acids is 1. The number of carboxylic acid groups (broad SMARTS) is 1. The zero-order valence-electron chi connectivity index (χ0n) is 12.5. The monoisotopic (exact) mass is 288 g/mol. The molecule has 0 spiro atoms. The molecule has 0 amide bonds. The summed E-state index contributed by atoms with van der Waals surface area (Å²) in [5.41, 5.74) is 2.06. The van der Waals surface area contributed by atoms with Crippen molar-refractivity contribution in [3.8, 4) is 0 Å². The van der Waals surface area contributed by atoms with Crippen LogP contribution < -0.4 is 0 Å². The predicted molar refractivity (Wildman–Crippen MR) is 79.8 cm³/mol. The third-order valence-electron chi connectivity index (χ3n) is 4.25. The first kappa shape index (κ1) is 14.1. The smallest absolute Gasteiger partial charge is 0.335 e. The molecular weight excluding hydrogens is 268 g/mol. The van der Waals surface area contributed by atoms with Crippen LogP contribution in [0.1, 0.15) is 54.8 Å². The van der Waals surface area contributed by atoms with E-state index in [2.05, 4.69) is 23.4 Å². The Balaban J connectivity index is 2.08.